The Kier molecular flexibility index (Phi) is 2.70. The summed E-state index contributed by atoms with van der Waals surface area (Å²) in [6, 6.07) is 2.01. The van der Waals surface area contributed by atoms with E-state index in [0.29, 0.717) is 0 Å². The summed E-state index contributed by atoms with van der Waals surface area (Å²) in [5.74, 6) is 0.814. The molecule has 0 bridgehead atoms. The number of aliphatic hydroxyl groups is 1. The molecule has 1 aliphatic carbocycles. The molecule has 0 spiro atoms. The van der Waals surface area contributed by atoms with Crippen molar-refractivity contribution in [1.82, 2.24) is 14.6 Å². The number of rotatable bonds is 3. The zero-order chi connectivity index (χ0) is 12.6. The maximum atomic E-state index is 9.64. The van der Waals surface area contributed by atoms with E-state index >= 15 is 0 Å². The van der Waals surface area contributed by atoms with Crippen LogP contribution in [0, 0.1) is 6.92 Å². The first-order valence-corrected chi connectivity index (χ1v) is 6.42. The van der Waals surface area contributed by atoms with Gasteiger partial charge in [-0.3, -0.25) is 0 Å². The summed E-state index contributed by atoms with van der Waals surface area (Å²) in [4.78, 5) is 4.39. The first-order valence-electron chi connectivity index (χ1n) is 6.42. The molecule has 2 aromatic heterocycles. The van der Waals surface area contributed by atoms with Gasteiger partial charge < -0.3 is 10.4 Å². The summed E-state index contributed by atoms with van der Waals surface area (Å²) in [7, 11) is 0. The molecule has 1 aliphatic rings. The summed E-state index contributed by atoms with van der Waals surface area (Å²) >= 11 is 0. The van der Waals surface area contributed by atoms with E-state index in [2.05, 4.69) is 15.4 Å². The molecule has 2 aromatic rings. The minimum Gasteiger partial charge on any atom is -0.394 e. The largest absolute Gasteiger partial charge is 0.394 e. The van der Waals surface area contributed by atoms with E-state index < -0.39 is 0 Å². The number of aryl methyl sites for hydroxylation is 1. The molecule has 96 valence electrons. The Bertz CT molecular complexity index is 557. The Morgan fingerprint density at radius 1 is 1.44 bits per heavy atom. The predicted molar refractivity (Wildman–Crippen MR) is 69.6 cm³/mol. The lowest BCUT2D eigenvalue weighted by molar-refractivity contribution is 0.214. The number of aromatic nitrogens is 3. The third-order valence-corrected chi connectivity index (χ3v) is 3.76. The molecule has 2 N–H and O–H groups in total. The fourth-order valence-corrected chi connectivity index (χ4v) is 2.77. The highest BCUT2D eigenvalue weighted by atomic mass is 16.3. The summed E-state index contributed by atoms with van der Waals surface area (Å²) in [6.07, 6.45) is 7.90. The van der Waals surface area contributed by atoms with E-state index in [1.54, 1.807) is 6.20 Å². The van der Waals surface area contributed by atoms with Crippen LogP contribution in [0.1, 0.15) is 31.4 Å². The Hall–Kier alpha value is -1.62. The topological polar surface area (TPSA) is 62.5 Å². The predicted octanol–water partition coefficient (Wildman–Crippen LogP) is 1.75. The molecule has 0 unspecified atom stereocenters. The van der Waals surface area contributed by atoms with Gasteiger partial charge in [0, 0.05) is 12.4 Å². The first-order chi connectivity index (χ1) is 8.72. The van der Waals surface area contributed by atoms with E-state index in [1.165, 1.54) is 0 Å². The van der Waals surface area contributed by atoms with Crippen LogP contribution in [0.5, 0.6) is 0 Å². The molecule has 5 heteroatoms. The number of anilines is 1. The lowest BCUT2D eigenvalue weighted by Gasteiger charge is -2.28. The normalized spacial score (nSPS) is 18.3. The average Bonchev–Trinajstić information content (AvgIpc) is 2.96. The van der Waals surface area contributed by atoms with Crippen LogP contribution in [0.4, 0.5) is 5.82 Å². The molecule has 0 amide bonds. The van der Waals surface area contributed by atoms with Crippen LogP contribution in [0.2, 0.25) is 0 Å². The molecule has 0 aromatic carbocycles. The van der Waals surface area contributed by atoms with Crippen molar-refractivity contribution in [3.05, 3.63) is 24.2 Å². The van der Waals surface area contributed by atoms with E-state index in [4.69, 9.17) is 0 Å². The molecule has 3 rings (SSSR count). The second-order valence-corrected chi connectivity index (χ2v) is 5.16. The summed E-state index contributed by atoms with van der Waals surface area (Å²) < 4.78 is 1.82. The molecule has 18 heavy (non-hydrogen) atoms. The molecule has 0 saturated heterocycles. The van der Waals surface area contributed by atoms with Crippen molar-refractivity contribution in [2.24, 2.45) is 0 Å². The number of hydrogen-bond donors (Lipinski definition) is 2. The zero-order valence-electron chi connectivity index (χ0n) is 10.6. The summed E-state index contributed by atoms with van der Waals surface area (Å²) in [5, 5.41) is 17.5. The standard InChI is InChI=1S/C13H18N4O/c1-10-8-11-12(14-6-7-17(11)16-10)15-13(9-18)4-2-3-5-13/h6-8,18H,2-5,9H2,1H3,(H,14,15). The van der Waals surface area contributed by atoms with Crippen molar-refractivity contribution >= 4 is 11.3 Å². The lowest BCUT2D eigenvalue weighted by Crippen LogP contribution is -2.39. The van der Waals surface area contributed by atoms with Crippen molar-refractivity contribution in [2.75, 3.05) is 11.9 Å². The Morgan fingerprint density at radius 2 is 2.22 bits per heavy atom. The van der Waals surface area contributed by atoms with E-state index in [0.717, 1.165) is 42.7 Å². The van der Waals surface area contributed by atoms with Crippen molar-refractivity contribution in [3.63, 3.8) is 0 Å². The molecular formula is C13H18N4O. The van der Waals surface area contributed by atoms with Gasteiger partial charge in [0.2, 0.25) is 0 Å². The van der Waals surface area contributed by atoms with Crippen molar-refractivity contribution in [2.45, 2.75) is 38.1 Å². The van der Waals surface area contributed by atoms with Crippen molar-refractivity contribution in [1.29, 1.82) is 0 Å². The smallest absolute Gasteiger partial charge is 0.152 e. The number of nitrogens with one attached hydrogen (secondary N) is 1. The van der Waals surface area contributed by atoms with Gasteiger partial charge in [0.15, 0.2) is 5.82 Å². The molecule has 0 atom stereocenters. The molecule has 0 aliphatic heterocycles. The Balaban J connectivity index is 1.99. The van der Waals surface area contributed by atoms with Gasteiger partial charge in [-0.15, -0.1) is 0 Å². The maximum absolute atomic E-state index is 9.64. The Labute approximate surface area is 106 Å². The van der Waals surface area contributed by atoms with Gasteiger partial charge in [0.05, 0.1) is 17.8 Å². The molecule has 1 fully saturated rings. The van der Waals surface area contributed by atoms with E-state index in [9.17, 15) is 5.11 Å². The third kappa shape index (κ3) is 1.84. The van der Waals surface area contributed by atoms with Gasteiger partial charge in [-0.05, 0) is 25.8 Å². The summed E-state index contributed by atoms with van der Waals surface area (Å²) in [6.45, 7) is 2.12. The number of fused-ring (bicyclic) bond motifs is 1. The molecule has 5 nitrogen and oxygen atoms in total. The lowest BCUT2D eigenvalue weighted by atomic mass is 9.99. The summed E-state index contributed by atoms with van der Waals surface area (Å²) in [5.41, 5.74) is 1.73. The van der Waals surface area contributed by atoms with Crippen LogP contribution in [0.15, 0.2) is 18.5 Å². The number of aliphatic hydroxyl groups excluding tert-OH is 1. The van der Waals surface area contributed by atoms with E-state index in [-0.39, 0.29) is 12.1 Å². The molecule has 1 saturated carbocycles. The fraction of sp³-hybridized carbons (Fsp3) is 0.538. The van der Waals surface area contributed by atoms with Crippen LogP contribution in [-0.2, 0) is 0 Å². The van der Waals surface area contributed by atoms with Crippen molar-refractivity contribution in [3.8, 4) is 0 Å². The number of hydrogen-bond acceptors (Lipinski definition) is 4. The maximum Gasteiger partial charge on any atom is 0.152 e. The highest BCUT2D eigenvalue weighted by Crippen LogP contribution is 2.33. The fourth-order valence-electron chi connectivity index (χ4n) is 2.77. The van der Waals surface area contributed by atoms with Crippen LogP contribution >= 0.6 is 0 Å². The van der Waals surface area contributed by atoms with Gasteiger partial charge in [-0.2, -0.15) is 5.10 Å². The van der Waals surface area contributed by atoms with Gasteiger partial charge in [-0.1, -0.05) is 12.8 Å². The monoisotopic (exact) mass is 246 g/mol. The first kappa shape index (κ1) is 11.5. The van der Waals surface area contributed by atoms with Crippen LogP contribution < -0.4 is 5.32 Å². The third-order valence-electron chi connectivity index (χ3n) is 3.76. The minimum absolute atomic E-state index is 0.156. The average molecular weight is 246 g/mol. The van der Waals surface area contributed by atoms with Crippen LogP contribution in [-0.4, -0.2) is 31.9 Å². The number of nitrogens with zero attached hydrogens (tertiary/aromatic N) is 3. The zero-order valence-corrected chi connectivity index (χ0v) is 10.6. The van der Waals surface area contributed by atoms with Crippen LogP contribution in [0.25, 0.3) is 5.52 Å². The quantitative estimate of drug-likeness (QED) is 0.866. The van der Waals surface area contributed by atoms with Crippen molar-refractivity contribution < 1.29 is 5.11 Å². The van der Waals surface area contributed by atoms with Gasteiger partial charge >= 0.3 is 0 Å². The molecule has 0 radical (unpaired) electrons. The van der Waals surface area contributed by atoms with Crippen LogP contribution in [0.3, 0.4) is 0 Å². The van der Waals surface area contributed by atoms with Gasteiger partial charge in [0.1, 0.15) is 5.52 Å². The minimum atomic E-state index is -0.201. The second kappa shape index (κ2) is 4.24. The highest BCUT2D eigenvalue weighted by molar-refractivity contribution is 5.68. The molecular weight excluding hydrogens is 228 g/mol. The highest BCUT2D eigenvalue weighted by Gasteiger charge is 2.33. The second-order valence-electron chi connectivity index (χ2n) is 5.16. The van der Waals surface area contributed by atoms with Gasteiger partial charge in [-0.25, -0.2) is 9.50 Å². The SMILES string of the molecule is Cc1cc2c(NC3(CO)CCCC3)nccn2n1. The van der Waals surface area contributed by atoms with E-state index in [1.807, 2.05) is 23.7 Å². The molecule has 2 heterocycles. The Morgan fingerprint density at radius 3 is 2.94 bits per heavy atom. The van der Waals surface area contributed by atoms with Gasteiger partial charge in [0.25, 0.3) is 0 Å².